The molecule has 0 spiro atoms. The molecule has 3 aromatic carbocycles. The van der Waals surface area contributed by atoms with Crippen molar-refractivity contribution >= 4 is 22.7 Å². The van der Waals surface area contributed by atoms with Gasteiger partial charge in [-0.3, -0.25) is 9.36 Å². The highest BCUT2D eigenvalue weighted by Gasteiger charge is 2.41. The van der Waals surface area contributed by atoms with E-state index in [1.165, 1.54) is 34.3 Å². The first kappa shape index (κ1) is 23.8. The summed E-state index contributed by atoms with van der Waals surface area (Å²) in [6, 6.07) is 17.1. The Bertz CT molecular complexity index is 1580. The van der Waals surface area contributed by atoms with Crippen LogP contribution in [0.3, 0.4) is 0 Å². The average molecular weight is 506 g/mol. The van der Waals surface area contributed by atoms with Gasteiger partial charge in [-0.05, 0) is 43.3 Å². The average Bonchev–Trinajstić information content (AvgIpc) is 3.37. The highest BCUT2D eigenvalue weighted by Crippen LogP contribution is 2.36. The fourth-order valence-corrected chi connectivity index (χ4v) is 5.03. The second kappa shape index (κ2) is 9.63. The van der Waals surface area contributed by atoms with Crippen LogP contribution in [0.1, 0.15) is 18.5 Å². The molecule has 0 radical (unpaired) electrons. The predicted molar refractivity (Wildman–Crippen MR) is 132 cm³/mol. The van der Waals surface area contributed by atoms with Crippen molar-refractivity contribution in [3.05, 3.63) is 113 Å². The molecule has 2 aromatic heterocycles. The molecule has 5 rings (SSSR count). The SMILES string of the molecule is CC(n1cnc2cc(Sc3ccccc3)ccc2c1=O)C(O)(Cn1cncn1)c1ccc(F)cc1F. The van der Waals surface area contributed by atoms with E-state index in [9.17, 15) is 18.7 Å². The van der Waals surface area contributed by atoms with Crippen LogP contribution < -0.4 is 5.56 Å². The van der Waals surface area contributed by atoms with Gasteiger partial charge in [0.1, 0.15) is 29.9 Å². The van der Waals surface area contributed by atoms with E-state index in [1.54, 1.807) is 24.8 Å². The van der Waals surface area contributed by atoms with Gasteiger partial charge >= 0.3 is 0 Å². The smallest absolute Gasteiger partial charge is 0.261 e. The Balaban J connectivity index is 1.56. The molecule has 0 saturated carbocycles. The van der Waals surface area contributed by atoms with Crippen molar-refractivity contribution in [3.8, 4) is 0 Å². The number of aliphatic hydroxyl groups is 1. The van der Waals surface area contributed by atoms with Crippen LogP contribution in [0.4, 0.5) is 8.78 Å². The minimum absolute atomic E-state index is 0.173. The molecule has 10 heteroatoms. The highest BCUT2D eigenvalue weighted by atomic mass is 32.2. The van der Waals surface area contributed by atoms with Crippen LogP contribution in [0.15, 0.2) is 100 Å². The summed E-state index contributed by atoms with van der Waals surface area (Å²) in [5.74, 6) is -1.71. The molecule has 7 nitrogen and oxygen atoms in total. The number of hydrogen-bond acceptors (Lipinski definition) is 6. The van der Waals surface area contributed by atoms with Gasteiger partial charge in [-0.15, -0.1) is 0 Å². The maximum absolute atomic E-state index is 14.9. The first-order valence-electron chi connectivity index (χ1n) is 11.1. The Labute approximate surface area is 209 Å². The van der Waals surface area contributed by atoms with Crippen LogP contribution in [0.5, 0.6) is 0 Å². The summed E-state index contributed by atoms with van der Waals surface area (Å²) in [5, 5.41) is 16.2. The van der Waals surface area contributed by atoms with Crippen LogP contribution in [-0.2, 0) is 12.1 Å². The van der Waals surface area contributed by atoms with Crippen molar-refractivity contribution < 1.29 is 13.9 Å². The standard InChI is InChI=1S/C26H21F2N5O2S/c1-17(26(35,13-32-15-29-14-31-32)22-10-7-18(27)11-23(22)28)33-16-30-24-12-20(8-9-21(24)25(33)34)36-19-5-3-2-4-6-19/h2-12,14-17,35H,13H2,1H3. The van der Waals surface area contributed by atoms with Crippen LogP contribution in [0, 0.1) is 11.6 Å². The van der Waals surface area contributed by atoms with Gasteiger partial charge in [-0.1, -0.05) is 36.0 Å². The summed E-state index contributed by atoms with van der Waals surface area (Å²) >= 11 is 1.55. The summed E-state index contributed by atoms with van der Waals surface area (Å²) in [4.78, 5) is 23.8. The van der Waals surface area contributed by atoms with E-state index >= 15 is 0 Å². The fraction of sp³-hybridized carbons (Fsp3) is 0.154. The van der Waals surface area contributed by atoms with Crippen LogP contribution in [0.25, 0.3) is 10.9 Å². The third-order valence-electron chi connectivity index (χ3n) is 6.11. The molecule has 2 unspecified atom stereocenters. The van der Waals surface area contributed by atoms with E-state index in [2.05, 4.69) is 15.1 Å². The Morgan fingerprint density at radius 1 is 1.03 bits per heavy atom. The quantitative estimate of drug-likeness (QED) is 0.349. The lowest BCUT2D eigenvalue weighted by Gasteiger charge is -2.35. The Morgan fingerprint density at radius 2 is 1.83 bits per heavy atom. The molecule has 1 N–H and O–H groups in total. The summed E-state index contributed by atoms with van der Waals surface area (Å²) in [6.45, 7) is 1.35. The first-order chi connectivity index (χ1) is 17.3. The zero-order valence-electron chi connectivity index (χ0n) is 19.1. The first-order valence-corrected chi connectivity index (χ1v) is 11.9. The third kappa shape index (κ3) is 4.52. The molecule has 2 heterocycles. The van der Waals surface area contributed by atoms with Gasteiger partial charge in [-0.2, -0.15) is 5.10 Å². The molecule has 36 heavy (non-hydrogen) atoms. The van der Waals surface area contributed by atoms with Crippen molar-refractivity contribution in [3.63, 3.8) is 0 Å². The number of aromatic nitrogens is 5. The number of fused-ring (bicyclic) bond motifs is 1. The molecule has 0 aliphatic carbocycles. The minimum Gasteiger partial charge on any atom is -0.381 e. The molecule has 5 aromatic rings. The topological polar surface area (TPSA) is 85.8 Å². The Kier molecular flexibility index (Phi) is 6.38. The monoisotopic (exact) mass is 505 g/mol. The maximum Gasteiger partial charge on any atom is 0.261 e. The summed E-state index contributed by atoms with van der Waals surface area (Å²) < 4.78 is 31.1. The summed E-state index contributed by atoms with van der Waals surface area (Å²) in [7, 11) is 0. The largest absolute Gasteiger partial charge is 0.381 e. The number of benzene rings is 3. The zero-order valence-corrected chi connectivity index (χ0v) is 19.9. The molecule has 0 aliphatic rings. The van der Waals surface area contributed by atoms with Crippen LogP contribution in [0.2, 0.25) is 0 Å². The van der Waals surface area contributed by atoms with Gasteiger partial charge < -0.3 is 5.11 Å². The van der Waals surface area contributed by atoms with E-state index in [-0.39, 0.29) is 12.1 Å². The number of halogens is 2. The maximum atomic E-state index is 14.9. The Hall–Kier alpha value is -3.89. The molecule has 182 valence electrons. The van der Waals surface area contributed by atoms with Crippen molar-refractivity contribution in [1.29, 1.82) is 0 Å². The molecule has 0 amide bonds. The lowest BCUT2D eigenvalue weighted by atomic mass is 9.86. The molecule has 0 aliphatic heterocycles. The van der Waals surface area contributed by atoms with E-state index < -0.39 is 28.8 Å². The predicted octanol–water partition coefficient (Wildman–Crippen LogP) is 4.57. The molecular formula is C26H21F2N5O2S. The lowest BCUT2D eigenvalue weighted by Crippen LogP contribution is -2.43. The number of rotatable bonds is 7. The molecular weight excluding hydrogens is 484 g/mol. The van der Waals surface area contributed by atoms with Crippen molar-refractivity contribution in [1.82, 2.24) is 24.3 Å². The third-order valence-corrected chi connectivity index (χ3v) is 7.11. The Morgan fingerprint density at radius 3 is 2.56 bits per heavy atom. The van der Waals surface area contributed by atoms with Gasteiger partial charge in [0.2, 0.25) is 0 Å². The van der Waals surface area contributed by atoms with Gasteiger partial charge in [-0.25, -0.2) is 23.4 Å². The fourth-order valence-electron chi connectivity index (χ4n) is 4.15. The van der Waals surface area contributed by atoms with Gasteiger partial charge in [0.15, 0.2) is 0 Å². The van der Waals surface area contributed by atoms with Crippen LogP contribution in [-0.4, -0.2) is 29.4 Å². The number of hydrogen-bond donors (Lipinski definition) is 1. The highest BCUT2D eigenvalue weighted by molar-refractivity contribution is 7.99. The summed E-state index contributed by atoms with van der Waals surface area (Å²) in [6.07, 6.45) is 3.98. The van der Waals surface area contributed by atoms with E-state index in [0.29, 0.717) is 17.0 Å². The minimum atomic E-state index is -1.98. The lowest BCUT2D eigenvalue weighted by molar-refractivity contribution is -0.0343. The second-order valence-corrected chi connectivity index (χ2v) is 9.52. The van der Waals surface area contributed by atoms with Gasteiger partial charge in [0.05, 0.1) is 29.8 Å². The molecule has 0 saturated heterocycles. The normalized spacial score (nSPS) is 14.0. The van der Waals surface area contributed by atoms with E-state index in [0.717, 1.165) is 15.9 Å². The molecule has 0 bridgehead atoms. The van der Waals surface area contributed by atoms with Crippen molar-refractivity contribution in [2.24, 2.45) is 0 Å². The second-order valence-electron chi connectivity index (χ2n) is 8.37. The summed E-state index contributed by atoms with van der Waals surface area (Å²) in [5.41, 5.74) is -2.05. The zero-order chi connectivity index (χ0) is 25.3. The van der Waals surface area contributed by atoms with E-state index in [4.69, 9.17) is 0 Å². The number of nitrogens with zero attached hydrogens (tertiary/aromatic N) is 5. The van der Waals surface area contributed by atoms with Crippen molar-refractivity contribution in [2.75, 3.05) is 0 Å². The van der Waals surface area contributed by atoms with E-state index in [1.807, 2.05) is 42.5 Å². The molecule has 2 atom stereocenters. The van der Waals surface area contributed by atoms with Crippen LogP contribution >= 0.6 is 11.8 Å². The van der Waals surface area contributed by atoms with Crippen molar-refractivity contribution in [2.45, 2.75) is 34.9 Å². The van der Waals surface area contributed by atoms with Gasteiger partial charge in [0, 0.05) is 21.4 Å². The molecule has 0 fully saturated rings. The van der Waals surface area contributed by atoms with Gasteiger partial charge in [0.25, 0.3) is 5.56 Å².